The van der Waals surface area contributed by atoms with Crippen molar-refractivity contribution in [3.8, 4) is 23.0 Å². The Morgan fingerprint density at radius 3 is 1.11 bits per heavy atom. The van der Waals surface area contributed by atoms with E-state index in [-0.39, 0.29) is 43.9 Å². The molecular weight excluding hydrogens is 839 g/mol. The molecule has 0 heterocycles. The van der Waals surface area contributed by atoms with Crippen molar-refractivity contribution in [2.45, 2.75) is 86.8 Å². The molecule has 0 fully saturated rings. The molecule has 0 saturated carbocycles. The molecule has 0 unspecified atom stereocenters. The van der Waals surface area contributed by atoms with E-state index in [1.165, 1.54) is 72.8 Å². The summed E-state index contributed by atoms with van der Waals surface area (Å²) in [6, 6.07) is 17.6. The van der Waals surface area contributed by atoms with Crippen LogP contribution in [0.4, 0.5) is 8.78 Å². The minimum Gasteiger partial charge on any atom is -0.493 e. The van der Waals surface area contributed by atoms with Gasteiger partial charge in [0.15, 0.2) is 0 Å². The lowest BCUT2D eigenvalue weighted by Crippen LogP contribution is -2.11. The van der Waals surface area contributed by atoms with Crippen LogP contribution in [-0.4, -0.2) is 58.7 Å². The van der Waals surface area contributed by atoms with Gasteiger partial charge in [0.25, 0.3) is 0 Å². The van der Waals surface area contributed by atoms with Crippen LogP contribution in [0.3, 0.4) is 0 Å². The van der Waals surface area contributed by atoms with Crippen LogP contribution < -0.4 is 18.9 Å². The third-order valence-electron chi connectivity index (χ3n) is 9.45. The van der Waals surface area contributed by atoms with E-state index >= 15 is 0 Å². The lowest BCUT2D eigenvalue weighted by molar-refractivity contribution is -0.138. The molecule has 0 aliphatic rings. The molecule has 0 aliphatic heterocycles. The smallest absolute Gasteiger partial charge is 0.346 e. The van der Waals surface area contributed by atoms with E-state index in [1.54, 1.807) is 0 Å². The van der Waals surface area contributed by atoms with Crippen LogP contribution in [0.15, 0.2) is 120 Å². The molecule has 63 heavy (non-hydrogen) atoms. The second-order valence-electron chi connectivity index (χ2n) is 14.2. The Bertz CT molecular complexity index is 2100. The number of carbonyl (C=O) groups is 4. The highest BCUT2D eigenvalue weighted by Crippen LogP contribution is 2.27. The molecule has 0 spiro atoms. The standard InChI is InChI=1S/C48H52F2O12S/c1-3-45(51)59-31-15-11-7-5-9-13-29-57-37-21-27-41(43(49)33-37)47(53)61-35-17-23-39(24-18-35)63(55,56)40-25-19-36(20-26-40)62-48(54)42-28-22-38(34-44(42)50)58-30-14-10-6-8-12-16-32-60-46(52)4-2/h3-4,17-28,33-34H,1-2,5-16,29-32H2. The summed E-state index contributed by atoms with van der Waals surface area (Å²) in [5, 5.41) is 0. The number of unbranched alkanes of at least 4 members (excludes halogenated alkanes) is 10. The fraction of sp³-hybridized carbons (Fsp3) is 0.333. The Labute approximate surface area is 366 Å². The topological polar surface area (TPSA) is 158 Å². The van der Waals surface area contributed by atoms with Gasteiger partial charge in [0, 0.05) is 24.3 Å². The summed E-state index contributed by atoms with van der Waals surface area (Å²) < 4.78 is 88.0. The Kier molecular flexibility index (Phi) is 20.5. The van der Waals surface area contributed by atoms with Crippen LogP contribution in [0.1, 0.15) is 97.8 Å². The summed E-state index contributed by atoms with van der Waals surface area (Å²) in [5.41, 5.74) is -0.665. The number of carbonyl (C=O) groups excluding carboxylic acids is 4. The van der Waals surface area contributed by atoms with E-state index in [0.717, 1.165) is 101 Å². The number of rotatable bonds is 28. The van der Waals surface area contributed by atoms with E-state index in [1.807, 2.05) is 0 Å². The molecule has 0 bridgehead atoms. The van der Waals surface area contributed by atoms with E-state index in [4.69, 9.17) is 28.4 Å². The van der Waals surface area contributed by atoms with E-state index < -0.39 is 45.3 Å². The SMILES string of the molecule is C=CC(=O)OCCCCCCCCOc1ccc(C(=O)Oc2ccc(S(=O)(=O)c3ccc(OC(=O)c4ccc(OCCCCCCCCOC(=O)C=C)cc4F)cc3)cc2)c(F)c1. The highest BCUT2D eigenvalue weighted by molar-refractivity contribution is 7.91. The van der Waals surface area contributed by atoms with Gasteiger partial charge >= 0.3 is 23.9 Å². The predicted molar refractivity (Wildman–Crippen MR) is 230 cm³/mol. The molecule has 0 atom stereocenters. The van der Waals surface area contributed by atoms with Gasteiger partial charge in [0.2, 0.25) is 9.84 Å². The third-order valence-corrected chi connectivity index (χ3v) is 11.2. The third kappa shape index (κ3) is 16.8. The zero-order chi connectivity index (χ0) is 45.5. The maximum atomic E-state index is 14.8. The van der Waals surface area contributed by atoms with Crippen LogP contribution in [0.5, 0.6) is 23.0 Å². The van der Waals surface area contributed by atoms with Crippen molar-refractivity contribution in [1.82, 2.24) is 0 Å². The molecule has 336 valence electrons. The van der Waals surface area contributed by atoms with Crippen LogP contribution in [0, 0.1) is 11.6 Å². The highest BCUT2D eigenvalue weighted by Gasteiger charge is 2.21. The first kappa shape index (κ1) is 49.3. The molecule has 4 aromatic rings. The first-order valence-corrected chi connectivity index (χ1v) is 22.2. The maximum Gasteiger partial charge on any atom is 0.346 e. The predicted octanol–water partition coefficient (Wildman–Crippen LogP) is 10.1. The molecule has 4 aromatic carbocycles. The van der Waals surface area contributed by atoms with Gasteiger partial charge in [0.1, 0.15) is 34.6 Å². The van der Waals surface area contributed by atoms with E-state index in [9.17, 15) is 36.4 Å². The maximum absolute atomic E-state index is 14.8. The van der Waals surface area contributed by atoms with Gasteiger partial charge in [-0.1, -0.05) is 64.5 Å². The fourth-order valence-electron chi connectivity index (χ4n) is 6.00. The average molecular weight is 891 g/mol. The zero-order valence-corrected chi connectivity index (χ0v) is 35.8. The number of halogens is 2. The second kappa shape index (κ2) is 26.2. The van der Waals surface area contributed by atoms with E-state index in [0.29, 0.717) is 26.4 Å². The normalized spacial score (nSPS) is 11.0. The van der Waals surface area contributed by atoms with Gasteiger partial charge in [-0.3, -0.25) is 0 Å². The van der Waals surface area contributed by atoms with Crippen LogP contribution in [0.2, 0.25) is 0 Å². The van der Waals surface area contributed by atoms with Crippen molar-refractivity contribution in [1.29, 1.82) is 0 Å². The summed E-state index contributed by atoms with van der Waals surface area (Å²) in [6.45, 7) is 8.17. The first-order chi connectivity index (χ1) is 30.4. The number of ether oxygens (including phenoxy) is 6. The summed E-state index contributed by atoms with van der Waals surface area (Å²) in [5.74, 6) is -4.03. The molecule has 12 nitrogen and oxygen atoms in total. The average Bonchev–Trinajstić information content (AvgIpc) is 3.27. The second-order valence-corrected chi connectivity index (χ2v) is 16.1. The highest BCUT2D eigenvalue weighted by atomic mass is 32.2. The molecule has 0 aliphatic carbocycles. The van der Waals surface area contributed by atoms with Gasteiger partial charge in [-0.25, -0.2) is 36.4 Å². The zero-order valence-electron chi connectivity index (χ0n) is 35.0. The van der Waals surface area contributed by atoms with Gasteiger partial charge in [-0.15, -0.1) is 0 Å². The Morgan fingerprint density at radius 2 is 0.778 bits per heavy atom. The molecule has 0 saturated heterocycles. The number of esters is 4. The van der Waals surface area contributed by atoms with Crippen molar-refractivity contribution < 1.29 is 64.8 Å². The number of sulfone groups is 1. The Hall–Kier alpha value is -6.35. The van der Waals surface area contributed by atoms with Gasteiger partial charge in [0.05, 0.1) is 47.3 Å². The van der Waals surface area contributed by atoms with Crippen molar-refractivity contribution in [3.63, 3.8) is 0 Å². The lowest BCUT2D eigenvalue weighted by atomic mass is 10.1. The number of hydrogen-bond acceptors (Lipinski definition) is 12. The van der Waals surface area contributed by atoms with Crippen LogP contribution in [0.25, 0.3) is 0 Å². The summed E-state index contributed by atoms with van der Waals surface area (Å²) in [7, 11) is -4.06. The minimum atomic E-state index is -4.06. The first-order valence-electron chi connectivity index (χ1n) is 20.7. The molecular formula is C48H52F2O12S. The largest absolute Gasteiger partial charge is 0.493 e. The van der Waals surface area contributed by atoms with Gasteiger partial charge < -0.3 is 28.4 Å². The molecule has 15 heteroatoms. The number of hydrogen-bond donors (Lipinski definition) is 0. The van der Waals surface area contributed by atoms with Gasteiger partial charge in [-0.2, -0.15) is 0 Å². The van der Waals surface area contributed by atoms with Crippen LogP contribution in [-0.2, 0) is 28.9 Å². The summed E-state index contributed by atoms with van der Waals surface area (Å²) >= 11 is 0. The van der Waals surface area contributed by atoms with Crippen molar-refractivity contribution in [3.05, 3.63) is 133 Å². The lowest BCUT2D eigenvalue weighted by Gasteiger charge is -2.10. The number of benzene rings is 4. The molecule has 0 amide bonds. The fourth-order valence-corrected chi connectivity index (χ4v) is 7.26. The Morgan fingerprint density at radius 1 is 0.460 bits per heavy atom. The quantitative estimate of drug-likeness (QED) is 0.0230. The van der Waals surface area contributed by atoms with Crippen molar-refractivity contribution in [2.24, 2.45) is 0 Å². The summed E-state index contributed by atoms with van der Waals surface area (Å²) in [4.78, 5) is 47.3. The summed E-state index contributed by atoms with van der Waals surface area (Å²) in [6.07, 6.45) is 12.9. The molecule has 0 N–H and O–H groups in total. The Balaban J connectivity index is 1.17. The molecule has 4 rings (SSSR count). The van der Waals surface area contributed by atoms with Gasteiger partial charge in [-0.05, 0) is 98.5 Å². The van der Waals surface area contributed by atoms with E-state index in [2.05, 4.69) is 13.2 Å². The van der Waals surface area contributed by atoms with Crippen molar-refractivity contribution in [2.75, 3.05) is 26.4 Å². The monoisotopic (exact) mass is 890 g/mol. The molecule has 0 aromatic heterocycles. The van der Waals surface area contributed by atoms with Crippen LogP contribution >= 0.6 is 0 Å². The minimum absolute atomic E-state index is 0.0177. The molecule has 0 radical (unpaired) electrons. The van der Waals surface area contributed by atoms with Crippen molar-refractivity contribution >= 4 is 33.7 Å².